The molecule has 0 aliphatic rings. The number of halogens is 3. The topological polar surface area (TPSA) is 21.1 Å². The van der Waals surface area contributed by atoms with E-state index in [0.717, 1.165) is 12.6 Å². The van der Waals surface area contributed by atoms with Crippen molar-refractivity contribution in [3.8, 4) is 0 Å². The molecule has 104 valence electrons. The van der Waals surface area contributed by atoms with Crippen molar-refractivity contribution in [1.82, 2.24) is 14.5 Å². The average Bonchev–Trinajstić information content (AvgIpc) is 2.65. The highest BCUT2D eigenvalue weighted by atomic mass is 35.5. The summed E-state index contributed by atoms with van der Waals surface area (Å²) in [6, 6.07) is 2.14. The molecule has 0 saturated carbocycles. The van der Waals surface area contributed by atoms with Gasteiger partial charge in [0.05, 0.1) is 10.9 Å². The fraction of sp³-hybridized carbons (Fsp3) is 0.462. The first-order valence-corrected chi connectivity index (χ1v) is 6.47. The number of imidazole rings is 1. The molecule has 0 N–H and O–H groups in total. The summed E-state index contributed by atoms with van der Waals surface area (Å²) >= 11 is 6.07. The molecule has 3 nitrogen and oxygen atoms in total. The molecular formula is C13H16ClF2N3. The number of fused-ring (bicyclic) bond motifs is 1. The summed E-state index contributed by atoms with van der Waals surface area (Å²) < 4.78 is 28.9. The second-order valence-corrected chi connectivity index (χ2v) is 5.45. The lowest BCUT2D eigenvalue weighted by molar-refractivity contribution is 0.383. The van der Waals surface area contributed by atoms with Crippen molar-refractivity contribution in [2.24, 2.45) is 0 Å². The number of benzene rings is 1. The summed E-state index contributed by atoms with van der Waals surface area (Å²) in [5.41, 5.74) is 0.615. The third-order valence-corrected chi connectivity index (χ3v) is 3.12. The van der Waals surface area contributed by atoms with Gasteiger partial charge >= 0.3 is 0 Å². The Morgan fingerprint density at radius 1 is 1.37 bits per heavy atom. The predicted octanol–water partition coefficient (Wildman–Crippen LogP) is 3.18. The largest absolute Gasteiger partial charge is 0.325 e. The number of aromatic nitrogens is 2. The monoisotopic (exact) mass is 287 g/mol. The number of alkyl halides is 1. The Hall–Kier alpha value is -1.20. The van der Waals surface area contributed by atoms with Crippen LogP contribution in [-0.2, 0) is 6.54 Å². The van der Waals surface area contributed by atoms with Crippen LogP contribution in [0.25, 0.3) is 11.0 Å². The molecule has 1 aromatic heterocycles. The van der Waals surface area contributed by atoms with Crippen molar-refractivity contribution < 1.29 is 8.78 Å². The maximum Gasteiger partial charge on any atom is 0.153 e. The number of rotatable bonds is 4. The minimum Gasteiger partial charge on any atom is -0.325 e. The van der Waals surface area contributed by atoms with E-state index in [9.17, 15) is 8.78 Å². The van der Waals surface area contributed by atoms with Crippen molar-refractivity contribution in [3.63, 3.8) is 0 Å². The van der Waals surface area contributed by atoms with Crippen molar-refractivity contribution in [3.05, 3.63) is 29.6 Å². The Balaban J connectivity index is 2.59. The van der Waals surface area contributed by atoms with Crippen molar-refractivity contribution >= 4 is 22.6 Å². The van der Waals surface area contributed by atoms with Gasteiger partial charge in [0.1, 0.15) is 17.2 Å². The highest BCUT2D eigenvalue weighted by Gasteiger charge is 2.18. The maximum atomic E-state index is 13.7. The molecule has 1 aromatic carbocycles. The van der Waals surface area contributed by atoms with Crippen LogP contribution in [0.15, 0.2) is 12.1 Å². The minimum absolute atomic E-state index is 0.169. The summed E-state index contributed by atoms with van der Waals surface area (Å²) in [5, 5.41) is -0.364. The van der Waals surface area contributed by atoms with Crippen LogP contribution >= 0.6 is 11.6 Å². The van der Waals surface area contributed by atoms with Gasteiger partial charge in [-0.15, -0.1) is 11.6 Å². The van der Waals surface area contributed by atoms with Gasteiger partial charge in [0.15, 0.2) is 5.82 Å². The number of hydrogen-bond donors (Lipinski definition) is 0. The summed E-state index contributed by atoms with van der Waals surface area (Å²) in [6.45, 7) is 3.09. The normalized spacial score (nSPS) is 13.4. The van der Waals surface area contributed by atoms with Gasteiger partial charge in [-0.05, 0) is 27.1 Å². The third-order valence-electron chi connectivity index (χ3n) is 2.93. The second-order valence-electron chi connectivity index (χ2n) is 4.80. The SMILES string of the molecule is CC(Cl)c1nc2c(F)cc(F)cc2n1CCN(C)C. The first-order chi connectivity index (χ1) is 8.90. The summed E-state index contributed by atoms with van der Waals surface area (Å²) in [7, 11) is 3.87. The smallest absolute Gasteiger partial charge is 0.153 e. The van der Waals surface area contributed by atoms with Gasteiger partial charge in [-0.2, -0.15) is 0 Å². The molecule has 0 fully saturated rings. The van der Waals surface area contributed by atoms with Crippen LogP contribution in [0.3, 0.4) is 0 Å². The van der Waals surface area contributed by atoms with Crippen LogP contribution in [0.5, 0.6) is 0 Å². The summed E-state index contributed by atoms with van der Waals surface area (Å²) in [4.78, 5) is 6.19. The summed E-state index contributed by atoms with van der Waals surface area (Å²) in [5.74, 6) is -0.704. The zero-order chi connectivity index (χ0) is 14.2. The third kappa shape index (κ3) is 2.87. The van der Waals surface area contributed by atoms with E-state index < -0.39 is 11.6 Å². The van der Waals surface area contributed by atoms with E-state index in [1.165, 1.54) is 6.07 Å². The quantitative estimate of drug-likeness (QED) is 0.806. The number of nitrogens with zero attached hydrogens (tertiary/aromatic N) is 3. The van der Waals surface area contributed by atoms with Crippen molar-refractivity contribution in [1.29, 1.82) is 0 Å². The van der Waals surface area contributed by atoms with Crippen molar-refractivity contribution in [2.75, 3.05) is 20.6 Å². The molecule has 0 spiro atoms. The minimum atomic E-state index is -0.655. The van der Waals surface area contributed by atoms with Crippen LogP contribution in [0.4, 0.5) is 8.78 Å². The van der Waals surface area contributed by atoms with Gasteiger partial charge < -0.3 is 9.47 Å². The molecular weight excluding hydrogens is 272 g/mol. The highest BCUT2D eigenvalue weighted by molar-refractivity contribution is 6.20. The molecule has 0 saturated heterocycles. The predicted molar refractivity (Wildman–Crippen MR) is 72.5 cm³/mol. The molecule has 1 unspecified atom stereocenters. The van der Waals surface area contributed by atoms with Crippen LogP contribution in [-0.4, -0.2) is 35.1 Å². The average molecular weight is 288 g/mol. The van der Waals surface area contributed by atoms with Crippen molar-refractivity contribution in [2.45, 2.75) is 18.8 Å². The van der Waals surface area contributed by atoms with E-state index in [4.69, 9.17) is 11.6 Å². The lowest BCUT2D eigenvalue weighted by atomic mass is 10.3. The molecule has 1 heterocycles. The standard InChI is InChI=1S/C13H16ClF2N3/c1-8(14)13-17-12-10(16)6-9(15)7-11(12)19(13)5-4-18(2)3/h6-8H,4-5H2,1-3H3. The molecule has 0 amide bonds. The molecule has 2 rings (SSSR count). The first-order valence-electron chi connectivity index (χ1n) is 6.04. The van der Waals surface area contributed by atoms with Gasteiger partial charge in [0.2, 0.25) is 0 Å². The van der Waals surface area contributed by atoms with E-state index in [1.54, 1.807) is 11.5 Å². The second kappa shape index (κ2) is 5.43. The van der Waals surface area contributed by atoms with E-state index in [1.807, 2.05) is 19.0 Å². The van der Waals surface area contributed by atoms with E-state index in [-0.39, 0.29) is 10.9 Å². The Kier molecular flexibility index (Phi) is 4.06. The van der Waals surface area contributed by atoms with Gasteiger partial charge in [-0.3, -0.25) is 0 Å². The van der Waals surface area contributed by atoms with Gasteiger partial charge in [-0.25, -0.2) is 13.8 Å². The van der Waals surface area contributed by atoms with Crippen LogP contribution in [0, 0.1) is 11.6 Å². The lowest BCUT2D eigenvalue weighted by Crippen LogP contribution is -2.19. The maximum absolute atomic E-state index is 13.7. The number of hydrogen-bond acceptors (Lipinski definition) is 2. The molecule has 2 aromatic rings. The molecule has 6 heteroatoms. The molecule has 0 bridgehead atoms. The van der Waals surface area contributed by atoms with Crippen LogP contribution in [0.2, 0.25) is 0 Å². The van der Waals surface area contributed by atoms with Gasteiger partial charge in [0, 0.05) is 19.2 Å². The van der Waals surface area contributed by atoms with Gasteiger partial charge in [0.25, 0.3) is 0 Å². The van der Waals surface area contributed by atoms with Crippen LogP contribution in [0.1, 0.15) is 18.1 Å². The fourth-order valence-corrected chi connectivity index (χ4v) is 2.17. The molecule has 1 atom stereocenters. The molecule has 0 aliphatic carbocycles. The Bertz CT molecular complexity index is 593. The molecule has 19 heavy (non-hydrogen) atoms. The van der Waals surface area contributed by atoms with E-state index in [0.29, 0.717) is 17.9 Å². The van der Waals surface area contributed by atoms with E-state index >= 15 is 0 Å². The molecule has 0 aliphatic heterocycles. The Morgan fingerprint density at radius 3 is 2.63 bits per heavy atom. The zero-order valence-corrected chi connectivity index (χ0v) is 11.9. The number of likely N-dealkylation sites (N-methyl/N-ethyl adjacent to an activating group) is 1. The fourth-order valence-electron chi connectivity index (χ4n) is 2.01. The lowest BCUT2D eigenvalue weighted by Gasteiger charge is -2.14. The first kappa shape index (κ1) is 14.2. The Morgan fingerprint density at radius 2 is 2.05 bits per heavy atom. The van der Waals surface area contributed by atoms with E-state index in [2.05, 4.69) is 4.98 Å². The zero-order valence-electron chi connectivity index (χ0n) is 11.1. The van der Waals surface area contributed by atoms with Gasteiger partial charge in [-0.1, -0.05) is 0 Å². The summed E-state index contributed by atoms with van der Waals surface area (Å²) in [6.07, 6.45) is 0. The molecule has 0 radical (unpaired) electrons. The van der Waals surface area contributed by atoms with Crippen LogP contribution < -0.4 is 0 Å². The highest BCUT2D eigenvalue weighted by Crippen LogP contribution is 2.26. The Labute approximate surface area is 115 Å².